The lowest BCUT2D eigenvalue weighted by molar-refractivity contribution is -0.152. The predicted octanol–water partition coefficient (Wildman–Crippen LogP) is 3.69. The largest absolute Gasteiger partial charge is 0.452 e. The third-order valence-electron chi connectivity index (χ3n) is 4.47. The van der Waals surface area contributed by atoms with Crippen molar-refractivity contribution in [3.8, 4) is 0 Å². The molecule has 0 unspecified atom stereocenters. The van der Waals surface area contributed by atoms with Gasteiger partial charge in [0.05, 0.1) is 0 Å². The smallest absolute Gasteiger partial charge is 0.317 e. The molecule has 26 heavy (non-hydrogen) atoms. The van der Waals surface area contributed by atoms with Crippen LogP contribution in [0.2, 0.25) is 0 Å². The normalized spacial score (nSPS) is 16.8. The molecule has 0 bridgehead atoms. The van der Waals surface area contributed by atoms with Crippen LogP contribution in [-0.2, 0) is 14.3 Å². The monoisotopic (exact) mass is 376 g/mol. The van der Waals surface area contributed by atoms with Crippen molar-refractivity contribution in [3.05, 3.63) is 24.3 Å². The minimum absolute atomic E-state index is 0.0495. The number of rotatable bonds is 6. The van der Waals surface area contributed by atoms with Gasteiger partial charge in [0.15, 0.2) is 11.7 Å². The first-order chi connectivity index (χ1) is 12.6. The number of esters is 1. The summed E-state index contributed by atoms with van der Waals surface area (Å²) in [5.74, 6) is -0.633. The van der Waals surface area contributed by atoms with Crippen LogP contribution < -0.4 is 5.32 Å². The molecule has 1 amide bonds. The fraction of sp³-hybridized carbons (Fsp3) is 0.526. The summed E-state index contributed by atoms with van der Waals surface area (Å²) in [7, 11) is 0. The highest BCUT2D eigenvalue weighted by atomic mass is 32.2. The Bertz CT molecular complexity index is 720. The molecule has 0 radical (unpaired) electrons. The Morgan fingerprint density at radius 3 is 2.73 bits per heavy atom. The Morgan fingerprint density at radius 2 is 2.00 bits per heavy atom. The molecule has 7 heteroatoms. The number of hydrogen-bond acceptors (Lipinski definition) is 6. The minimum Gasteiger partial charge on any atom is -0.452 e. The van der Waals surface area contributed by atoms with Crippen LogP contribution in [0.5, 0.6) is 0 Å². The van der Waals surface area contributed by atoms with Crippen molar-refractivity contribution in [2.45, 2.75) is 62.8 Å². The second-order valence-electron chi connectivity index (χ2n) is 6.57. The second-order valence-corrected chi connectivity index (χ2v) is 7.49. The molecule has 140 valence electrons. The first-order valence-corrected chi connectivity index (χ1v) is 10.1. The van der Waals surface area contributed by atoms with E-state index >= 15 is 0 Å². The van der Waals surface area contributed by atoms with Gasteiger partial charge in [0.1, 0.15) is 11.3 Å². The molecule has 1 aliphatic rings. The van der Waals surface area contributed by atoms with Gasteiger partial charge in [0.2, 0.25) is 0 Å². The summed E-state index contributed by atoms with van der Waals surface area (Å²) in [6.45, 7) is 1.61. The first-order valence-electron chi connectivity index (χ1n) is 9.10. The number of hydrogen-bond donors (Lipinski definition) is 1. The van der Waals surface area contributed by atoms with E-state index in [-0.39, 0.29) is 17.7 Å². The molecule has 1 saturated carbocycles. The Hall–Kier alpha value is -2.02. The highest BCUT2D eigenvalue weighted by Crippen LogP contribution is 2.23. The average molecular weight is 376 g/mol. The molecule has 0 aliphatic heterocycles. The van der Waals surface area contributed by atoms with Gasteiger partial charge < -0.3 is 14.5 Å². The zero-order chi connectivity index (χ0) is 18.4. The van der Waals surface area contributed by atoms with Gasteiger partial charge in [0.25, 0.3) is 11.1 Å². The van der Waals surface area contributed by atoms with Gasteiger partial charge >= 0.3 is 5.97 Å². The Morgan fingerprint density at radius 1 is 1.27 bits per heavy atom. The molecule has 1 N–H and O–H groups in total. The fourth-order valence-corrected chi connectivity index (χ4v) is 3.68. The Balaban J connectivity index is 1.43. The van der Waals surface area contributed by atoms with E-state index in [1.807, 2.05) is 24.3 Å². The number of amides is 1. The third-order valence-corrected chi connectivity index (χ3v) is 5.27. The second kappa shape index (κ2) is 9.07. The van der Waals surface area contributed by atoms with Crippen molar-refractivity contribution in [2.75, 3.05) is 5.75 Å². The zero-order valence-electron chi connectivity index (χ0n) is 14.9. The molecular weight excluding hydrogens is 352 g/mol. The van der Waals surface area contributed by atoms with Crippen LogP contribution in [0.4, 0.5) is 0 Å². The summed E-state index contributed by atoms with van der Waals surface area (Å²) in [5, 5.41) is 3.42. The average Bonchev–Trinajstić information content (AvgIpc) is 2.88. The molecule has 1 fully saturated rings. The SMILES string of the molecule is C[C@@H](OC(=O)CSc1nc2ccccc2o1)C(=O)NC1CCCCCC1. The molecule has 6 nitrogen and oxygen atoms in total. The number of thioether (sulfide) groups is 1. The summed E-state index contributed by atoms with van der Waals surface area (Å²) in [5.41, 5.74) is 1.43. The molecular formula is C19H24N2O4S. The van der Waals surface area contributed by atoms with Crippen molar-refractivity contribution < 1.29 is 18.7 Å². The van der Waals surface area contributed by atoms with Gasteiger partial charge in [-0.3, -0.25) is 9.59 Å². The highest BCUT2D eigenvalue weighted by molar-refractivity contribution is 7.99. The number of benzene rings is 1. The van der Waals surface area contributed by atoms with Gasteiger partial charge in [0, 0.05) is 6.04 Å². The van der Waals surface area contributed by atoms with E-state index in [4.69, 9.17) is 9.15 Å². The third kappa shape index (κ3) is 5.24. The van der Waals surface area contributed by atoms with Gasteiger partial charge in [-0.2, -0.15) is 0 Å². The van der Waals surface area contributed by atoms with Gasteiger partial charge in [-0.1, -0.05) is 49.6 Å². The van der Waals surface area contributed by atoms with Crippen LogP contribution in [0.15, 0.2) is 33.9 Å². The molecule has 3 rings (SSSR count). The van der Waals surface area contributed by atoms with Crippen molar-refractivity contribution >= 4 is 34.7 Å². The van der Waals surface area contributed by atoms with E-state index in [9.17, 15) is 9.59 Å². The molecule has 2 aromatic rings. The Kier molecular flexibility index (Phi) is 6.55. The molecule has 1 atom stereocenters. The zero-order valence-corrected chi connectivity index (χ0v) is 15.7. The maximum Gasteiger partial charge on any atom is 0.317 e. The quantitative estimate of drug-likeness (QED) is 0.470. The molecule has 0 spiro atoms. The van der Waals surface area contributed by atoms with E-state index in [0.717, 1.165) is 43.0 Å². The van der Waals surface area contributed by atoms with Crippen LogP contribution in [0, 0.1) is 0 Å². The van der Waals surface area contributed by atoms with Crippen LogP contribution >= 0.6 is 11.8 Å². The number of nitrogens with zero attached hydrogens (tertiary/aromatic N) is 1. The number of aromatic nitrogens is 1. The van der Waals surface area contributed by atoms with Crippen LogP contribution in [0.1, 0.15) is 45.4 Å². The van der Waals surface area contributed by atoms with Crippen molar-refractivity contribution in [1.29, 1.82) is 0 Å². The van der Waals surface area contributed by atoms with E-state index in [1.54, 1.807) is 6.92 Å². The maximum atomic E-state index is 12.2. The van der Waals surface area contributed by atoms with E-state index in [0.29, 0.717) is 10.8 Å². The lowest BCUT2D eigenvalue weighted by Gasteiger charge is -2.19. The van der Waals surface area contributed by atoms with Crippen molar-refractivity contribution in [2.24, 2.45) is 0 Å². The van der Waals surface area contributed by atoms with Crippen molar-refractivity contribution in [3.63, 3.8) is 0 Å². The van der Waals surface area contributed by atoms with Crippen molar-refractivity contribution in [1.82, 2.24) is 10.3 Å². The topological polar surface area (TPSA) is 81.4 Å². The van der Waals surface area contributed by atoms with Crippen LogP contribution in [0.3, 0.4) is 0 Å². The van der Waals surface area contributed by atoms with Gasteiger partial charge in [-0.05, 0) is 31.9 Å². The molecule has 1 heterocycles. The standard InChI is InChI=1S/C19H24N2O4S/c1-13(18(23)20-14-8-4-2-3-5-9-14)24-17(22)12-26-19-21-15-10-6-7-11-16(15)25-19/h6-7,10-11,13-14H,2-5,8-9,12H2,1H3,(H,20,23)/t13-/m1/s1. The lowest BCUT2D eigenvalue weighted by atomic mass is 10.1. The fourth-order valence-electron chi connectivity index (χ4n) is 3.06. The summed E-state index contributed by atoms with van der Waals surface area (Å²) in [6, 6.07) is 7.61. The maximum absolute atomic E-state index is 12.2. The van der Waals surface area contributed by atoms with E-state index in [1.165, 1.54) is 12.8 Å². The van der Waals surface area contributed by atoms with Gasteiger partial charge in [-0.25, -0.2) is 4.98 Å². The van der Waals surface area contributed by atoms with Gasteiger partial charge in [-0.15, -0.1) is 0 Å². The van der Waals surface area contributed by atoms with Crippen LogP contribution in [-0.4, -0.2) is 34.8 Å². The molecule has 1 aromatic heterocycles. The summed E-state index contributed by atoms with van der Waals surface area (Å²) < 4.78 is 10.8. The number of para-hydroxylation sites is 2. The highest BCUT2D eigenvalue weighted by Gasteiger charge is 2.22. The predicted molar refractivity (Wildman–Crippen MR) is 99.9 cm³/mol. The number of carbonyl (C=O) groups is 2. The first kappa shape index (κ1) is 18.8. The lowest BCUT2D eigenvalue weighted by Crippen LogP contribution is -2.42. The molecule has 0 saturated heterocycles. The van der Waals surface area contributed by atoms with E-state index in [2.05, 4.69) is 10.3 Å². The van der Waals surface area contributed by atoms with E-state index < -0.39 is 12.1 Å². The number of carbonyl (C=O) groups excluding carboxylic acids is 2. The number of ether oxygens (including phenoxy) is 1. The Labute approximate surface area is 157 Å². The summed E-state index contributed by atoms with van der Waals surface area (Å²) in [4.78, 5) is 28.5. The summed E-state index contributed by atoms with van der Waals surface area (Å²) in [6.07, 6.45) is 5.93. The number of nitrogens with one attached hydrogen (secondary N) is 1. The van der Waals surface area contributed by atoms with Crippen LogP contribution in [0.25, 0.3) is 11.1 Å². The number of fused-ring (bicyclic) bond motifs is 1. The molecule has 1 aromatic carbocycles. The minimum atomic E-state index is -0.796. The summed E-state index contributed by atoms with van der Waals surface area (Å²) >= 11 is 1.16. The molecule has 1 aliphatic carbocycles. The number of oxazole rings is 1.